The van der Waals surface area contributed by atoms with Crippen molar-refractivity contribution in [2.24, 2.45) is 5.73 Å². The fourth-order valence-corrected chi connectivity index (χ4v) is 2.70. The molecule has 5 nitrogen and oxygen atoms in total. The lowest BCUT2D eigenvalue weighted by molar-refractivity contribution is -0.137. The summed E-state index contributed by atoms with van der Waals surface area (Å²) in [5.74, 6) is 0.454. The molecular formula is C19H20ClF3N4O. The minimum atomic E-state index is -4.42. The largest absolute Gasteiger partial charge is 0.416 e. The number of nitrogens with two attached hydrogens (primary N) is 1. The summed E-state index contributed by atoms with van der Waals surface area (Å²) in [6.45, 7) is 2.09. The average molecular weight is 413 g/mol. The summed E-state index contributed by atoms with van der Waals surface area (Å²) in [7, 11) is 0. The van der Waals surface area contributed by atoms with Crippen molar-refractivity contribution >= 4 is 12.4 Å². The van der Waals surface area contributed by atoms with Crippen molar-refractivity contribution in [3.8, 4) is 11.4 Å². The molecule has 150 valence electrons. The van der Waals surface area contributed by atoms with E-state index in [0.717, 1.165) is 17.7 Å². The minimum Gasteiger partial charge on any atom is -0.338 e. The van der Waals surface area contributed by atoms with Crippen LogP contribution in [0.2, 0.25) is 0 Å². The Morgan fingerprint density at radius 1 is 1.00 bits per heavy atom. The van der Waals surface area contributed by atoms with E-state index in [-0.39, 0.29) is 23.8 Å². The maximum Gasteiger partial charge on any atom is 0.416 e. The Hall–Kier alpha value is -2.42. The molecule has 3 rings (SSSR count). The second kappa shape index (κ2) is 9.68. The van der Waals surface area contributed by atoms with Crippen LogP contribution in [0.1, 0.15) is 17.0 Å². The number of alkyl halides is 3. The Bertz CT molecular complexity index is 871. The zero-order valence-corrected chi connectivity index (χ0v) is 15.7. The molecule has 0 saturated carbocycles. The van der Waals surface area contributed by atoms with Gasteiger partial charge in [-0.15, -0.1) is 12.4 Å². The van der Waals surface area contributed by atoms with Crippen molar-refractivity contribution in [1.29, 1.82) is 0 Å². The molecule has 0 bridgehead atoms. The molecule has 28 heavy (non-hydrogen) atoms. The van der Waals surface area contributed by atoms with Crippen LogP contribution in [0.4, 0.5) is 13.2 Å². The smallest absolute Gasteiger partial charge is 0.338 e. The van der Waals surface area contributed by atoms with E-state index < -0.39 is 11.7 Å². The van der Waals surface area contributed by atoms with Crippen molar-refractivity contribution in [3.05, 3.63) is 71.6 Å². The number of halogens is 4. The molecule has 0 saturated heterocycles. The maximum absolute atomic E-state index is 12.9. The minimum absolute atomic E-state index is 0. The fourth-order valence-electron chi connectivity index (χ4n) is 2.70. The molecule has 0 aliphatic heterocycles. The van der Waals surface area contributed by atoms with Crippen LogP contribution in [0.15, 0.2) is 59.1 Å². The fraction of sp³-hybridized carbons (Fsp3) is 0.263. The molecule has 0 spiro atoms. The third-order valence-corrected chi connectivity index (χ3v) is 3.97. The van der Waals surface area contributed by atoms with Crippen molar-refractivity contribution in [1.82, 2.24) is 15.0 Å². The van der Waals surface area contributed by atoms with Crippen LogP contribution in [0.5, 0.6) is 0 Å². The number of nitrogens with zero attached hydrogens (tertiary/aromatic N) is 3. The topological polar surface area (TPSA) is 68.2 Å². The van der Waals surface area contributed by atoms with Gasteiger partial charge < -0.3 is 10.3 Å². The highest BCUT2D eigenvalue weighted by Gasteiger charge is 2.30. The van der Waals surface area contributed by atoms with E-state index in [1.807, 2.05) is 35.2 Å². The average Bonchev–Trinajstić information content (AvgIpc) is 3.11. The lowest BCUT2D eigenvalue weighted by Crippen LogP contribution is -2.28. The first-order chi connectivity index (χ1) is 13.0. The first-order valence-corrected chi connectivity index (χ1v) is 8.42. The molecule has 0 atom stereocenters. The van der Waals surface area contributed by atoms with Crippen LogP contribution in [-0.4, -0.2) is 28.1 Å². The summed E-state index contributed by atoms with van der Waals surface area (Å²) < 4.78 is 43.8. The molecule has 0 aliphatic rings. The van der Waals surface area contributed by atoms with Gasteiger partial charge in [-0.2, -0.15) is 18.2 Å². The van der Waals surface area contributed by atoms with Crippen LogP contribution < -0.4 is 5.73 Å². The summed E-state index contributed by atoms with van der Waals surface area (Å²) in [5, 5.41) is 3.82. The number of hydrogen-bond acceptors (Lipinski definition) is 5. The van der Waals surface area contributed by atoms with Gasteiger partial charge in [0.15, 0.2) is 0 Å². The van der Waals surface area contributed by atoms with Crippen LogP contribution in [-0.2, 0) is 19.3 Å². The van der Waals surface area contributed by atoms with Gasteiger partial charge in [0.1, 0.15) is 0 Å². The quantitative estimate of drug-likeness (QED) is 0.631. The standard InChI is InChI=1S/C19H19F3N4O.ClH/c20-19(21,22)16-8-4-7-15(11-16)18-24-17(27-25-18)13-26(10-9-23)12-14-5-2-1-3-6-14;/h1-8,11H,9-10,12-13,23H2;1H. The molecule has 0 fully saturated rings. The van der Waals surface area contributed by atoms with E-state index in [9.17, 15) is 13.2 Å². The summed E-state index contributed by atoms with van der Waals surface area (Å²) in [6, 6.07) is 14.7. The highest BCUT2D eigenvalue weighted by Crippen LogP contribution is 2.31. The number of aromatic nitrogens is 2. The molecule has 1 aromatic heterocycles. The van der Waals surface area contributed by atoms with E-state index >= 15 is 0 Å². The van der Waals surface area contributed by atoms with Crippen molar-refractivity contribution < 1.29 is 17.7 Å². The number of hydrogen-bond donors (Lipinski definition) is 1. The SMILES string of the molecule is Cl.NCCN(Cc1ccccc1)Cc1nc(-c2cccc(C(F)(F)F)c2)no1. The number of rotatable bonds is 7. The molecule has 0 aliphatic carbocycles. The summed E-state index contributed by atoms with van der Waals surface area (Å²) in [4.78, 5) is 6.28. The number of benzene rings is 2. The van der Waals surface area contributed by atoms with Crippen molar-refractivity contribution in [2.45, 2.75) is 19.3 Å². The summed E-state index contributed by atoms with van der Waals surface area (Å²) in [6.07, 6.45) is -4.42. The lowest BCUT2D eigenvalue weighted by Gasteiger charge is -2.19. The summed E-state index contributed by atoms with van der Waals surface area (Å²) >= 11 is 0. The monoisotopic (exact) mass is 412 g/mol. The maximum atomic E-state index is 12.9. The molecule has 0 amide bonds. The Morgan fingerprint density at radius 2 is 1.75 bits per heavy atom. The van der Waals surface area contributed by atoms with E-state index in [1.165, 1.54) is 12.1 Å². The van der Waals surface area contributed by atoms with Crippen molar-refractivity contribution in [2.75, 3.05) is 13.1 Å². The third kappa shape index (κ3) is 5.79. The zero-order chi connectivity index (χ0) is 19.3. The normalized spacial score (nSPS) is 11.5. The highest BCUT2D eigenvalue weighted by molar-refractivity contribution is 5.85. The lowest BCUT2D eigenvalue weighted by atomic mass is 10.1. The predicted molar refractivity (Wildman–Crippen MR) is 102 cm³/mol. The predicted octanol–water partition coefficient (Wildman–Crippen LogP) is 4.14. The third-order valence-electron chi connectivity index (χ3n) is 3.97. The van der Waals surface area contributed by atoms with Gasteiger partial charge in [0.05, 0.1) is 12.1 Å². The zero-order valence-electron chi connectivity index (χ0n) is 14.9. The van der Waals surface area contributed by atoms with Gasteiger partial charge in [-0.3, -0.25) is 4.90 Å². The summed E-state index contributed by atoms with van der Waals surface area (Å²) in [5.41, 5.74) is 6.30. The van der Waals surface area contributed by atoms with E-state index in [2.05, 4.69) is 10.1 Å². The van der Waals surface area contributed by atoms with Crippen molar-refractivity contribution in [3.63, 3.8) is 0 Å². The molecule has 2 N–H and O–H groups in total. The molecule has 0 radical (unpaired) electrons. The van der Waals surface area contributed by atoms with E-state index in [0.29, 0.717) is 32.1 Å². The van der Waals surface area contributed by atoms with Crippen LogP contribution in [0.25, 0.3) is 11.4 Å². The Balaban J connectivity index is 0.00000280. The molecule has 2 aromatic carbocycles. The van der Waals surface area contributed by atoms with E-state index in [1.54, 1.807) is 0 Å². The Kier molecular flexibility index (Phi) is 7.56. The second-order valence-electron chi connectivity index (χ2n) is 6.08. The first kappa shape index (κ1) is 21.9. The van der Waals surface area contributed by atoms with Crippen LogP contribution in [0.3, 0.4) is 0 Å². The molecular weight excluding hydrogens is 393 g/mol. The molecule has 0 unspecified atom stereocenters. The molecule has 9 heteroatoms. The molecule has 3 aromatic rings. The Labute approximate surface area is 166 Å². The van der Waals surface area contributed by atoms with E-state index in [4.69, 9.17) is 10.3 Å². The van der Waals surface area contributed by atoms with Gasteiger partial charge >= 0.3 is 6.18 Å². The second-order valence-corrected chi connectivity index (χ2v) is 6.08. The van der Waals surface area contributed by atoms with Gasteiger partial charge in [-0.1, -0.05) is 47.6 Å². The van der Waals surface area contributed by atoms with Crippen LogP contribution in [0, 0.1) is 0 Å². The highest BCUT2D eigenvalue weighted by atomic mass is 35.5. The van der Waals surface area contributed by atoms with Gasteiger partial charge in [0, 0.05) is 25.2 Å². The first-order valence-electron chi connectivity index (χ1n) is 8.42. The Morgan fingerprint density at radius 3 is 2.43 bits per heavy atom. The van der Waals surface area contributed by atoms with Gasteiger partial charge in [-0.25, -0.2) is 0 Å². The van der Waals surface area contributed by atoms with Gasteiger partial charge in [0.25, 0.3) is 0 Å². The molecule has 1 heterocycles. The van der Waals surface area contributed by atoms with Gasteiger partial charge in [0.2, 0.25) is 11.7 Å². The van der Waals surface area contributed by atoms with Crippen LogP contribution >= 0.6 is 12.4 Å². The van der Waals surface area contributed by atoms with Gasteiger partial charge in [-0.05, 0) is 17.7 Å².